The van der Waals surface area contributed by atoms with Crippen molar-refractivity contribution < 1.29 is 17.6 Å². The number of sulfone groups is 1. The third-order valence-electron chi connectivity index (χ3n) is 3.85. The normalized spacial score (nSPS) is 22.6. The van der Waals surface area contributed by atoms with Gasteiger partial charge in [0.2, 0.25) is 5.91 Å². The van der Waals surface area contributed by atoms with E-state index in [9.17, 15) is 17.6 Å². The number of hydrogen-bond acceptors (Lipinski definition) is 3. The monoisotopic (exact) mass is 325 g/mol. The molecular weight excluding hydrogens is 305 g/mol. The highest BCUT2D eigenvalue weighted by atomic mass is 32.2. The Morgan fingerprint density at radius 2 is 2.14 bits per heavy atom. The van der Waals surface area contributed by atoms with E-state index in [1.807, 2.05) is 0 Å². The standard InChI is InChI=1S/C16H20FNO3S/c1-22(20,21)15-7-3-6-14(11-15)18-16(19)9-8-12-4-2-5-13(17)10-12/h2,4-5,8-10,14-15H,3,6-7,11H2,1H3,(H,18,19)/b9-8+/t14-,15-/m1/s1. The molecule has 6 heteroatoms. The highest BCUT2D eigenvalue weighted by Gasteiger charge is 2.29. The molecule has 1 amide bonds. The fraction of sp³-hybridized carbons (Fsp3) is 0.438. The molecule has 1 aliphatic rings. The van der Waals surface area contributed by atoms with Gasteiger partial charge in [-0.25, -0.2) is 12.8 Å². The number of nitrogens with one attached hydrogen (secondary N) is 1. The number of hydrogen-bond donors (Lipinski definition) is 1. The van der Waals surface area contributed by atoms with Crippen LogP contribution >= 0.6 is 0 Å². The van der Waals surface area contributed by atoms with E-state index in [1.54, 1.807) is 12.1 Å². The average Bonchev–Trinajstić information content (AvgIpc) is 2.45. The first kappa shape index (κ1) is 16.7. The van der Waals surface area contributed by atoms with Crippen LogP contribution in [0.5, 0.6) is 0 Å². The highest BCUT2D eigenvalue weighted by molar-refractivity contribution is 7.91. The molecule has 22 heavy (non-hydrogen) atoms. The van der Waals surface area contributed by atoms with Crippen LogP contribution < -0.4 is 5.32 Å². The predicted molar refractivity (Wildman–Crippen MR) is 84.5 cm³/mol. The van der Waals surface area contributed by atoms with Crippen LogP contribution in [0.15, 0.2) is 30.3 Å². The van der Waals surface area contributed by atoms with Crippen molar-refractivity contribution >= 4 is 21.8 Å². The summed E-state index contributed by atoms with van der Waals surface area (Å²) in [6, 6.07) is 5.82. The molecule has 0 unspecified atom stereocenters. The Hall–Kier alpha value is -1.69. The van der Waals surface area contributed by atoms with E-state index < -0.39 is 9.84 Å². The Balaban J connectivity index is 1.92. The molecular formula is C16H20FNO3S. The lowest BCUT2D eigenvalue weighted by Gasteiger charge is -2.28. The lowest BCUT2D eigenvalue weighted by molar-refractivity contribution is -0.117. The highest BCUT2D eigenvalue weighted by Crippen LogP contribution is 2.23. The summed E-state index contributed by atoms with van der Waals surface area (Å²) in [5.74, 6) is -0.644. The maximum absolute atomic E-state index is 13.0. The molecule has 1 aliphatic carbocycles. The Morgan fingerprint density at radius 3 is 2.82 bits per heavy atom. The second-order valence-corrected chi connectivity index (χ2v) is 8.04. The maximum atomic E-state index is 13.0. The Labute approximate surface area is 130 Å². The molecule has 0 aromatic heterocycles. The van der Waals surface area contributed by atoms with Crippen molar-refractivity contribution in [1.82, 2.24) is 5.32 Å². The van der Waals surface area contributed by atoms with Gasteiger partial charge in [0.05, 0.1) is 5.25 Å². The molecule has 1 aromatic rings. The summed E-state index contributed by atoms with van der Waals surface area (Å²) in [5, 5.41) is 2.45. The first-order chi connectivity index (χ1) is 10.3. The van der Waals surface area contributed by atoms with E-state index >= 15 is 0 Å². The molecule has 2 atom stereocenters. The van der Waals surface area contributed by atoms with Crippen LogP contribution in [0.1, 0.15) is 31.2 Å². The van der Waals surface area contributed by atoms with E-state index in [4.69, 9.17) is 0 Å². The van der Waals surface area contributed by atoms with Crippen molar-refractivity contribution in [2.75, 3.05) is 6.26 Å². The van der Waals surface area contributed by atoms with Crippen molar-refractivity contribution in [3.63, 3.8) is 0 Å². The minimum absolute atomic E-state index is 0.127. The van der Waals surface area contributed by atoms with Gasteiger partial charge in [-0.3, -0.25) is 4.79 Å². The summed E-state index contributed by atoms with van der Waals surface area (Å²) in [6.07, 6.45) is 6.81. The zero-order valence-corrected chi connectivity index (χ0v) is 13.3. The fourth-order valence-electron chi connectivity index (χ4n) is 2.70. The lowest BCUT2D eigenvalue weighted by Crippen LogP contribution is -2.41. The van der Waals surface area contributed by atoms with Crippen molar-refractivity contribution in [2.24, 2.45) is 0 Å². The number of carbonyl (C=O) groups excluding carboxylic acids is 1. The van der Waals surface area contributed by atoms with E-state index in [2.05, 4.69) is 5.32 Å². The van der Waals surface area contributed by atoms with Crippen molar-refractivity contribution in [3.8, 4) is 0 Å². The van der Waals surface area contributed by atoms with Gasteiger partial charge >= 0.3 is 0 Å². The molecule has 2 rings (SSSR count). The summed E-state index contributed by atoms with van der Waals surface area (Å²) in [5.41, 5.74) is 0.604. The van der Waals surface area contributed by atoms with E-state index in [0.717, 1.165) is 12.8 Å². The van der Waals surface area contributed by atoms with Crippen LogP contribution in [-0.2, 0) is 14.6 Å². The van der Waals surface area contributed by atoms with Crippen LogP contribution in [0.25, 0.3) is 6.08 Å². The largest absolute Gasteiger partial charge is 0.350 e. The minimum Gasteiger partial charge on any atom is -0.350 e. The molecule has 4 nitrogen and oxygen atoms in total. The maximum Gasteiger partial charge on any atom is 0.244 e. The summed E-state index contributed by atoms with van der Waals surface area (Å²) in [6.45, 7) is 0. The van der Waals surface area contributed by atoms with Crippen molar-refractivity contribution in [1.29, 1.82) is 0 Å². The van der Waals surface area contributed by atoms with E-state index in [-0.39, 0.29) is 23.0 Å². The summed E-state index contributed by atoms with van der Waals surface area (Å²) < 4.78 is 36.2. The number of halogens is 1. The molecule has 0 aliphatic heterocycles. The Morgan fingerprint density at radius 1 is 1.36 bits per heavy atom. The molecule has 0 radical (unpaired) electrons. The van der Waals surface area contributed by atoms with Crippen LogP contribution in [0.4, 0.5) is 4.39 Å². The number of carbonyl (C=O) groups is 1. The third kappa shape index (κ3) is 4.94. The smallest absolute Gasteiger partial charge is 0.244 e. The van der Waals surface area contributed by atoms with Gasteiger partial charge in [-0.1, -0.05) is 18.6 Å². The van der Waals surface area contributed by atoms with Crippen LogP contribution in [-0.4, -0.2) is 31.9 Å². The first-order valence-corrected chi connectivity index (χ1v) is 9.23. The predicted octanol–water partition coefficient (Wildman–Crippen LogP) is 2.31. The first-order valence-electron chi connectivity index (χ1n) is 7.27. The molecule has 1 fully saturated rings. The Kier molecular flexibility index (Phi) is 5.34. The molecule has 0 spiro atoms. The van der Waals surface area contributed by atoms with Gasteiger partial charge in [0.15, 0.2) is 0 Å². The minimum atomic E-state index is -3.07. The van der Waals surface area contributed by atoms with Gasteiger partial charge in [-0.05, 0) is 43.0 Å². The van der Waals surface area contributed by atoms with Gasteiger partial charge in [0.25, 0.3) is 0 Å². The molecule has 0 heterocycles. The topological polar surface area (TPSA) is 63.2 Å². The van der Waals surface area contributed by atoms with Gasteiger partial charge in [-0.15, -0.1) is 0 Å². The molecule has 120 valence electrons. The van der Waals surface area contributed by atoms with E-state index in [1.165, 1.54) is 30.5 Å². The number of benzene rings is 1. The second kappa shape index (κ2) is 7.05. The summed E-state index contributed by atoms with van der Waals surface area (Å²) >= 11 is 0. The molecule has 0 saturated heterocycles. The zero-order valence-electron chi connectivity index (χ0n) is 12.5. The van der Waals surface area contributed by atoms with Gasteiger partial charge < -0.3 is 5.32 Å². The molecule has 1 N–H and O–H groups in total. The van der Waals surface area contributed by atoms with Gasteiger partial charge in [0.1, 0.15) is 15.7 Å². The summed E-state index contributed by atoms with van der Waals surface area (Å²) in [7, 11) is -3.07. The zero-order chi connectivity index (χ0) is 16.2. The van der Waals surface area contributed by atoms with Crippen molar-refractivity contribution in [3.05, 3.63) is 41.7 Å². The fourth-order valence-corrected chi connectivity index (χ4v) is 3.87. The van der Waals surface area contributed by atoms with Crippen LogP contribution in [0.2, 0.25) is 0 Å². The molecule has 0 bridgehead atoms. The summed E-state index contributed by atoms with van der Waals surface area (Å²) in [4.78, 5) is 11.9. The molecule has 1 aromatic carbocycles. The van der Waals surface area contributed by atoms with Crippen molar-refractivity contribution in [2.45, 2.75) is 37.0 Å². The SMILES string of the molecule is CS(=O)(=O)[C@@H]1CCC[C@@H](NC(=O)/C=C/c2cccc(F)c2)C1. The van der Waals surface area contributed by atoms with Gasteiger partial charge in [-0.2, -0.15) is 0 Å². The van der Waals surface area contributed by atoms with Crippen LogP contribution in [0.3, 0.4) is 0 Å². The number of rotatable bonds is 4. The average molecular weight is 325 g/mol. The van der Waals surface area contributed by atoms with Crippen LogP contribution in [0, 0.1) is 5.82 Å². The van der Waals surface area contributed by atoms with Gasteiger partial charge in [0, 0.05) is 18.4 Å². The molecule has 1 saturated carbocycles. The Bertz CT molecular complexity index is 670. The lowest BCUT2D eigenvalue weighted by atomic mass is 9.95. The third-order valence-corrected chi connectivity index (χ3v) is 5.49. The van der Waals surface area contributed by atoms with E-state index in [0.29, 0.717) is 18.4 Å². The second-order valence-electron chi connectivity index (χ2n) is 5.71. The number of amides is 1. The quantitative estimate of drug-likeness (QED) is 0.864.